The highest BCUT2D eigenvalue weighted by atomic mass is 16.6. The summed E-state index contributed by atoms with van der Waals surface area (Å²) in [4.78, 5) is 12.5. The van der Waals surface area contributed by atoms with Crippen molar-refractivity contribution < 1.29 is 14.3 Å². The molecule has 0 saturated heterocycles. The van der Waals surface area contributed by atoms with Crippen molar-refractivity contribution in [3.63, 3.8) is 0 Å². The number of hydrogen-bond acceptors (Lipinski definition) is 4. The highest BCUT2D eigenvalue weighted by Gasteiger charge is 2.17. The van der Waals surface area contributed by atoms with Crippen LogP contribution in [0.15, 0.2) is 36.4 Å². The standard InChI is InChI=1S/C18H20N2O3/c1-11-3-5-14(19)10-15(11)18(21)20-12(2)13-4-6-16-17(9-13)23-8-7-22-16/h3-6,9-10,12H,7-8,19H2,1-2H3,(H,20,21). The van der Waals surface area contributed by atoms with E-state index in [2.05, 4.69) is 5.32 Å². The molecular formula is C18H20N2O3. The molecule has 3 rings (SSSR count). The van der Waals surface area contributed by atoms with Gasteiger partial charge in [0.25, 0.3) is 5.91 Å². The number of carbonyl (C=O) groups excluding carboxylic acids is 1. The van der Waals surface area contributed by atoms with Gasteiger partial charge in [0.05, 0.1) is 6.04 Å². The Hall–Kier alpha value is -2.69. The number of benzene rings is 2. The van der Waals surface area contributed by atoms with Crippen molar-refractivity contribution in [3.05, 3.63) is 53.1 Å². The zero-order valence-electron chi connectivity index (χ0n) is 13.3. The van der Waals surface area contributed by atoms with E-state index in [4.69, 9.17) is 15.2 Å². The number of fused-ring (bicyclic) bond motifs is 1. The smallest absolute Gasteiger partial charge is 0.252 e. The number of nitrogen functional groups attached to an aromatic ring is 1. The predicted octanol–water partition coefficient (Wildman–Crippen LogP) is 2.84. The van der Waals surface area contributed by atoms with E-state index in [0.29, 0.717) is 24.5 Å². The first kappa shape index (κ1) is 15.2. The molecule has 3 N–H and O–H groups in total. The van der Waals surface area contributed by atoms with E-state index in [1.54, 1.807) is 12.1 Å². The van der Waals surface area contributed by atoms with Gasteiger partial charge in [0.1, 0.15) is 13.2 Å². The maximum Gasteiger partial charge on any atom is 0.252 e. The van der Waals surface area contributed by atoms with Crippen LogP contribution < -0.4 is 20.5 Å². The molecule has 0 aliphatic carbocycles. The summed E-state index contributed by atoms with van der Waals surface area (Å²) >= 11 is 0. The predicted molar refractivity (Wildman–Crippen MR) is 88.9 cm³/mol. The van der Waals surface area contributed by atoms with Crippen LogP contribution >= 0.6 is 0 Å². The number of hydrogen-bond donors (Lipinski definition) is 2. The fourth-order valence-electron chi connectivity index (χ4n) is 2.57. The van der Waals surface area contributed by atoms with E-state index in [0.717, 1.165) is 22.6 Å². The molecule has 0 fully saturated rings. The second-order valence-corrected chi connectivity index (χ2v) is 5.67. The summed E-state index contributed by atoms with van der Waals surface area (Å²) in [6.45, 7) is 4.93. The van der Waals surface area contributed by atoms with Crippen LogP contribution in [0.1, 0.15) is 34.5 Å². The number of rotatable bonds is 3. The lowest BCUT2D eigenvalue weighted by molar-refractivity contribution is 0.0939. The van der Waals surface area contributed by atoms with Crippen molar-refractivity contribution in [3.8, 4) is 11.5 Å². The molecule has 0 bridgehead atoms. The van der Waals surface area contributed by atoms with E-state index in [1.165, 1.54) is 0 Å². The number of aryl methyl sites for hydroxylation is 1. The van der Waals surface area contributed by atoms with Gasteiger partial charge in [-0.25, -0.2) is 0 Å². The first-order valence-electron chi connectivity index (χ1n) is 7.61. The van der Waals surface area contributed by atoms with E-state index in [9.17, 15) is 4.79 Å². The Labute approximate surface area is 135 Å². The Kier molecular flexibility index (Phi) is 4.10. The van der Waals surface area contributed by atoms with Crippen LogP contribution in [0.3, 0.4) is 0 Å². The van der Waals surface area contributed by atoms with Gasteiger partial charge in [-0.1, -0.05) is 12.1 Å². The normalized spacial score (nSPS) is 14.2. The Morgan fingerprint density at radius 1 is 1.13 bits per heavy atom. The molecule has 1 aliphatic heterocycles. The Balaban J connectivity index is 1.77. The zero-order chi connectivity index (χ0) is 16.4. The minimum absolute atomic E-state index is 0.141. The summed E-state index contributed by atoms with van der Waals surface area (Å²) in [6.07, 6.45) is 0. The lowest BCUT2D eigenvalue weighted by atomic mass is 10.0. The van der Waals surface area contributed by atoms with Gasteiger partial charge in [0, 0.05) is 11.3 Å². The summed E-state index contributed by atoms with van der Waals surface area (Å²) < 4.78 is 11.1. The first-order chi connectivity index (χ1) is 11.0. The van der Waals surface area contributed by atoms with Gasteiger partial charge in [-0.3, -0.25) is 4.79 Å². The van der Waals surface area contributed by atoms with Gasteiger partial charge in [-0.15, -0.1) is 0 Å². The molecule has 1 amide bonds. The molecule has 5 nitrogen and oxygen atoms in total. The van der Waals surface area contributed by atoms with Crippen molar-refractivity contribution in [2.45, 2.75) is 19.9 Å². The topological polar surface area (TPSA) is 73.6 Å². The molecule has 2 aromatic carbocycles. The third-order valence-corrected chi connectivity index (χ3v) is 3.92. The first-order valence-corrected chi connectivity index (χ1v) is 7.61. The van der Waals surface area contributed by atoms with Crippen LogP contribution in [0.4, 0.5) is 5.69 Å². The van der Waals surface area contributed by atoms with Crippen molar-refractivity contribution >= 4 is 11.6 Å². The van der Waals surface area contributed by atoms with E-state index in [1.807, 2.05) is 38.1 Å². The van der Waals surface area contributed by atoms with Crippen molar-refractivity contribution in [1.82, 2.24) is 5.32 Å². The number of amides is 1. The Morgan fingerprint density at radius 3 is 2.65 bits per heavy atom. The van der Waals surface area contributed by atoms with E-state index >= 15 is 0 Å². The van der Waals surface area contributed by atoms with Crippen LogP contribution in [0.5, 0.6) is 11.5 Å². The second kappa shape index (κ2) is 6.20. The second-order valence-electron chi connectivity index (χ2n) is 5.67. The Bertz CT molecular complexity index is 743. The number of nitrogens with one attached hydrogen (secondary N) is 1. The molecule has 2 aromatic rings. The molecule has 1 unspecified atom stereocenters. The maximum atomic E-state index is 12.5. The van der Waals surface area contributed by atoms with Gasteiger partial charge in [-0.05, 0) is 49.2 Å². The van der Waals surface area contributed by atoms with Gasteiger partial charge >= 0.3 is 0 Å². The zero-order valence-corrected chi connectivity index (χ0v) is 13.3. The lowest BCUT2D eigenvalue weighted by Crippen LogP contribution is -2.27. The van der Waals surface area contributed by atoms with Crippen LogP contribution in [-0.4, -0.2) is 19.1 Å². The molecule has 1 atom stereocenters. The number of carbonyl (C=O) groups is 1. The molecule has 0 spiro atoms. The third kappa shape index (κ3) is 3.23. The molecule has 0 aromatic heterocycles. The summed E-state index contributed by atoms with van der Waals surface area (Å²) in [5.41, 5.74) is 8.80. The average Bonchev–Trinajstić information content (AvgIpc) is 2.56. The summed E-state index contributed by atoms with van der Waals surface area (Å²) in [5.74, 6) is 1.32. The summed E-state index contributed by atoms with van der Waals surface area (Å²) in [6, 6.07) is 10.9. The summed E-state index contributed by atoms with van der Waals surface area (Å²) in [7, 11) is 0. The Morgan fingerprint density at radius 2 is 1.87 bits per heavy atom. The third-order valence-electron chi connectivity index (χ3n) is 3.92. The van der Waals surface area contributed by atoms with E-state index < -0.39 is 0 Å². The van der Waals surface area contributed by atoms with Crippen LogP contribution in [0.25, 0.3) is 0 Å². The van der Waals surface area contributed by atoms with Crippen LogP contribution in [0, 0.1) is 6.92 Å². The highest BCUT2D eigenvalue weighted by molar-refractivity contribution is 5.96. The van der Waals surface area contributed by atoms with E-state index in [-0.39, 0.29) is 11.9 Å². The summed E-state index contributed by atoms with van der Waals surface area (Å²) in [5, 5.41) is 3.00. The minimum Gasteiger partial charge on any atom is -0.486 e. The molecule has 1 aliphatic rings. The molecule has 23 heavy (non-hydrogen) atoms. The van der Waals surface area contributed by atoms with Gasteiger partial charge in [0.15, 0.2) is 11.5 Å². The largest absolute Gasteiger partial charge is 0.486 e. The van der Waals surface area contributed by atoms with Gasteiger partial charge < -0.3 is 20.5 Å². The van der Waals surface area contributed by atoms with Gasteiger partial charge in [0.2, 0.25) is 0 Å². The quantitative estimate of drug-likeness (QED) is 0.855. The highest BCUT2D eigenvalue weighted by Crippen LogP contribution is 2.32. The van der Waals surface area contributed by atoms with Gasteiger partial charge in [-0.2, -0.15) is 0 Å². The lowest BCUT2D eigenvalue weighted by Gasteiger charge is -2.21. The molecular weight excluding hydrogens is 292 g/mol. The minimum atomic E-state index is -0.154. The molecule has 5 heteroatoms. The number of anilines is 1. The van der Waals surface area contributed by atoms with Crippen LogP contribution in [0.2, 0.25) is 0 Å². The maximum absolute atomic E-state index is 12.5. The van der Waals surface area contributed by atoms with Crippen LogP contribution in [-0.2, 0) is 0 Å². The number of nitrogens with two attached hydrogens (primary N) is 1. The average molecular weight is 312 g/mol. The fourth-order valence-corrected chi connectivity index (χ4v) is 2.57. The molecule has 0 saturated carbocycles. The van der Waals surface area contributed by atoms with Crippen molar-refractivity contribution in [2.24, 2.45) is 0 Å². The monoisotopic (exact) mass is 312 g/mol. The van der Waals surface area contributed by atoms with Crippen molar-refractivity contribution in [2.75, 3.05) is 18.9 Å². The fraction of sp³-hybridized carbons (Fsp3) is 0.278. The SMILES string of the molecule is Cc1ccc(N)cc1C(=O)NC(C)c1ccc2c(c1)OCCO2. The molecule has 1 heterocycles. The number of ether oxygens (including phenoxy) is 2. The van der Waals surface area contributed by atoms with Crippen molar-refractivity contribution in [1.29, 1.82) is 0 Å². The molecule has 0 radical (unpaired) electrons. The molecule has 120 valence electrons.